The second-order valence-electron chi connectivity index (χ2n) is 7.95. The van der Waals surface area contributed by atoms with Crippen molar-refractivity contribution >= 4 is 44.7 Å². The Balaban J connectivity index is 1.28. The van der Waals surface area contributed by atoms with E-state index < -0.39 is 0 Å². The molecule has 0 aliphatic heterocycles. The summed E-state index contributed by atoms with van der Waals surface area (Å²) in [5, 5.41) is 6.26. The molecular formula is C27H23Cl2N2+. The minimum Gasteiger partial charge on any atom is -0.219 e. The van der Waals surface area contributed by atoms with E-state index in [2.05, 4.69) is 84.9 Å². The number of hydrogen-bond acceptors (Lipinski definition) is 0. The summed E-state index contributed by atoms with van der Waals surface area (Å²) in [6.07, 6.45) is 3.84. The van der Waals surface area contributed by atoms with Crippen molar-refractivity contribution in [2.24, 2.45) is 0 Å². The van der Waals surface area contributed by atoms with Gasteiger partial charge in [0.25, 0.3) is 10.3 Å². The van der Waals surface area contributed by atoms with E-state index in [1.54, 1.807) is 0 Å². The number of benzene rings is 4. The van der Waals surface area contributed by atoms with Gasteiger partial charge in [-0.05, 0) is 55.9 Å². The van der Waals surface area contributed by atoms with Crippen LogP contribution in [0.15, 0.2) is 91.3 Å². The summed E-state index contributed by atoms with van der Waals surface area (Å²) in [6, 6.07) is 30.1. The van der Waals surface area contributed by atoms with E-state index in [0.29, 0.717) is 10.3 Å². The van der Waals surface area contributed by atoms with E-state index in [1.807, 2.05) is 15.5 Å². The molecule has 5 rings (SSSR count). The minimum atomic E-state index is 0.598. The highest BCUT2D eigenvalue weighted by atomic mass is 35.5. The highest BCUT2D eigenvalue weighted by Gasteiger charge is 2.20. The molecule has 0 amide bonds. The van der Waals surface area contributed by atoms with Crippen LogP contribution in [0.4, 0.5) is 0 Å². The molecule has 1 heterocycles. The van der Waals surface area contributed by atoms with Gasteiger partial charge in [-0.15, -0.1) is 0 Å². The molecule has 0 saturated carbocycles. The molecule has 5 aromatic rings. The maximum absolute atomic E-state index is 6.55. The van der Waals surface area contributed by atoms with E-state index in [1.165, 1.54) is 32.7 Å². The van der Waals surface area contributed by atoms with Crippen LogP contribution in [0.3, 0.4) is 0 Å². The molecule has 0 N–H and O–H groups in total. The average molecular weight is 446 g/mol. The highest BCUT2D eigenvalue weighted by molar-refractivity contribution is 6.39. The third kappa shape index (κ3) is 4.32. The Bertz CT molecular complexity index is 1270. The molecule has 0 radical (unpaired) electrons. The van der Waals surface area contributed by atoms with Crippen molar-refractivity contribution in [3.05, 3.63) is 113 Å². The largest absolute Gasteiger partial charge is 0.255 e. The Morgan fingerprint density at radius 3 is 1.81 bits per heavy atom. The van der Waals surface area contributed by atoms with Crippen LogP contribution in [0.1, 0.15) is 11.1 Å². The summed E-state index contributed by atoms with van der Waals surface area (Å²) in [6.45, 7) is 1.58. The Labute approximate surface area is 192 Å². The van der Waals surface area contributed by atoms with E-state index in [4.69, 9.17) is 23.2 Å². The molecule has 154 valence electrons. The van der Waals surface area contributed by atoms with Crippen molar-refractivity contribution in [2.45, 2.75) is 25.9 Å². The molecule has 0 aliphatic carbocycles. The van der Waals surface area contributed by atoms with Crippen molar-refractivity contribution in [1.82, 2.24) is 4.57 Å². The third-order valence-electron chi connectivity index (χ3n) is 5.86. The summed E-state index contributed by atoms with van der Waals surface area (Å²) in [4.78, 5) is 0. The SMILES string of the molecule is Clc1c(Cl)[n+](CCc2ccc3ccccc3c2)cn1CCc1ccc2ccccc2c1. The van der Waals surface area contributed by atoms with Crippen LogP contribution in [-0.2, 0) is 25.9 Å². The van der Waals surface area contributed by atoms with Gasteiger partial charge >= 0.3 is 0 Å². The molecule has 4 aromatic carbocycles. The van der Waals surface area contributed by atoms with Crippen molar-refractivity contribution in [1.29, 1.82) is 0 Å². The van der Waals surface area contributed by atoms with Gasteiger partial charge in [0.15, 0.2) is 0 Å². The monoisotopic (exact) mass is 445 g/mol. The van der Waals surface area contributed by atoms with Crippen molar-refractivity contribution in [3.63, 3.8) is 0 Å². The maximum atomic E-state index is 6.55. The standard InChI is InChI=1S/C27H23Cl2N2/c28-26-27(29)31(16-14-21-10-12-23-6-2-4-8-25(23)18-21)19-30(26)15-13-20-9-11-22-5-1-3-7-24(22)17-20/h1-12,17-19H,13-16H2/q+1. The van der Waals surface area contributed by atoms with Crippen molar-refractivity contribution in [2.75, 3.05) is 0 Å². The Kier molecular flexibility index (Phi) is 5.67. The summed E-state index contributed by atoms with van der Waals surface area (Å²) >= 11 is 13.1. The lowest BCUT2D eigenvalue weighted by Crippen LogP contribution is -2.34. The quantitative estimate of drug-likeness (QED) is 0.252. The molecule has 4 heteroatoms. The van der Waals surface area contributed by atoms with E-state index in [-0.39, 0.29) is 0 Å². The van der Waals surface area contributed by atoms with Crippen molar-refractivity contribution < 1.29 is 4.57 Å². The van der Waals surface area contributed by atoms with Gasteiger partial charge in [0.05, 0.1) is 13.1 Å². The fourth-order valence-corrected chi connectivity index (χ4v) is 4.58. The zero-order valence-corrected chi connectivity index (χ0v) is 18.7. The molecule has 0 atom stereocenters. The molecule has 0 aliphatic rings. The Morgan fingerprint density at radius 2 is 1.19 bits per heavy atom. The fourth-order valence-electron chi connectivity index (χ4n) is 4.11. The molecule has 1 aromatic heterocycles. The van der Waals surface area contributed by atoms with Crippen molar-refractivity contribution in [3.8, 4) is 0 Å². The topological polar surface area (TPSA) is 8.81 Å². The Hall–Kier alpha value is -2.81. The second kappa shape index (κ2) is 8.74. The molecule has 2 nitrogen and oxygen atoms in total. The minimum absolute atomic E-state index is 0.598. The van der Waals surface area contributed by atoms with Gasteiger partial charge in [0.1, 0.15) is 0 Å². The van der Waals surface area contributed by atoms with Crippen LogP contribution >= 0.6 is 23.2 Å². The third-order valence-corrected chi connectivity index (χ3v) is 6.75. The van der Waals surface area contributed by atoms with E-state index in [9.17, 15) is 0 Å². The van der Waals surface area contributed by atoms with Crippen LogP contribution in [0.25, 0.3) is 21.5 Å². The predicted molar refractivity (Wildman–Crippen MR) is 130 cm³/mol. The van der Waals surface area contributed by atoms with Gasteiger partial charge in [-0.1, -0.05) is 84.9 Å². The summed E-state index contributed by atoms with van der Waals surface area (Å²) in [5.74, 6) is 0. The second-order valence-corrected chi connectivity index (χ2v) is 8.66. The van der Waals surface area contributed by atoms with Gasteiger partial charge in [0.2, 0.25) is 6.33 Å². The first-order valence-corrected chi connectivity index (χ1v) is 11.3. The number of aromatic nitrogens is 2. The predicted octanol–water partition coefficient (Wildman–Crippen LogP) is 6.87. The number of nitrogens with zero attached hydrogens (tertiary/aromatic N) is 2. The molecule has 0 fully saturated rings. The summed E-state index contributed by atoms with van der Waals surface area (Å²) < 4.78 is 4.08. The Morgan fingerprint density at radius 1 is 0.645 bits per heavy atom. The smallest absolute Gasteiger partial charge is 0.219 e. The number of imidazole rings is 1. The molecular weight excluding hydrogens is 423 g/mol. The van der Waals surface area contributed by atoms with Gasteiger partial charge in [0, 0.05) is 12.8 Å². The normalized spacial score (nSPS) is 11.4. The zero-order chi connectivity index (χ0) is 21.2. The van der Waals surface area contributed by atoms with Crippen LogP contribution in [0.2, 0.25) is 10.3 Å². The zero-order valence-electron chi connectivity index (χ0n) is 17.1. The lowest BCUT2D eigenvalue weighted by Gasteiger charge is -2.03. The van der Waals surface area contributed by atoms with Crippen LogP contribution < -0.4 is 4.57 Å². The number of rotatable bonds is 6. The number of hydrogen-bond donors (Lipinski definition) is 0. The van der Waals surface area contributed by atoms with Gasteiger partial charge in [-0.2, -0.15) is 0 Å². The van der Waals surface area contributed by atoms with Gasteiger partial charge in [-0.3, -0.25) is 0 Å². The first-order valence-electron chi connectivity index (χ1n) is 10.6. The average Bonchev–Trinajstić information content (AvgIpc) is 3.09. The molecule has 0 bridgehead atoms. The molecule has 31 heavy (non-hydrogen) atoms. The number of halogens is 2. The van der Waals surface area contributed by atoms with Gasteiger partial charge < -0.3 is 0 Å². The van der Waals surface area contributed by atoms with E-state index >= 15 is 0 Å². The lowest BCUT2D eigenvalue weighted by molar-refractivity contribution is -0.693. The van der Waals surface area contributed by atoms with Gasteiger partial charge in [-0.25, -0.2) is 9.13 Å². The molecule has 0 unspecified atom stereocenters. The van der Waals surface area contributed by atoms with E-state index in [0.717, 1.165) is 25.9 Å². The first-order chi connectivity index (χ1) is 15.2. The number of fused-ring (bicyclic) bond motifs is 2. The summed E-state index contributed by atoms with van der Waals surface area (Å²) in [7, 11) is 0. The lowest BCUT2D eigenvalue weighted by atomic mass is 10.1. The van der Waals surface area contributed by atoms with Crippen LogP contribution in [0.5, 0.6) is 0 Å². The molecule has 0 spiro atoms. The number of aryl methyl sites for hydroxylation is 4. The maximum Gasteiger partial charge on any atom is 0.255 e. The fraction of sp³-hybridized carbons (Fsp3) is 0.148. The molecule has 0 saturated heterocycles. The first kappa shape index (κ1) is 20.1. The van der Waals surface area contributed by atoms with Crippen LogP contribution in [0, 0.1) is 0 Å². The summed E-state index contributed by atoms with van der Waals surface area (Å²) in [5.41, 5.74) is 2.59. The van der Waals surface area contributed by atoms with Crippen LogP contribution in [-0.4, -0.2) is 4.57 Å². The highest BCUT2D eigenvalue weighted by Crippen LogP contribution is 2.21.